The summed E-state index contributed by atoms with van der Waals surface area (Å²) >= 11 is 0. The van der Waals surface area contributed by atoms with Crippen LogP contribution in [0.1, 0.15) is 17.0 Å². The minimum atomic E-state index is -0.808. The van der Waals surface area contributed by atoms with Crippen molar-refractivity contribution in [2.45, 2.75) is 5.92 Å². The van der Waals surface area contributed by atoms with Crippen LogP contribution in [0, 0.1) is 17.2 Å². The van der Waals surface area contributed by atoms with Gasteiger partial charge in [0.25, 0.3) is 0 Å². The van der Waals surface area contributed by atoms with E-state index in [1.807, 2.05) is 35.2 Å². The summed E-state index contributed by atoms with van der Waals surface area (Å²) in [4.78, 5) is 13.6. The Bertz CT molecular complexity index is 732. The predicted molar refractivity (Wildman–Crippen MR) is 80.4 cm³/mol. The van der Waals surface area contributed by atoms with Gasteiger partial charge in [-0.05, 0) is 5.56 Å². The van der Waals surface area contributed by atoms with Gasteiger partial charge in [0.2, 0.25) is 0 Å². The van der Waals surface area contributed by atoms with E-state index in [9.17, 15) is 15.2 Å². The Morgan fingerprint density at radius 3 is 2.73 bits per heavy atom. The van der Waals surface area contributed by atoms with Crippen LogP contribution in [-0.4, -0.2) is 33.9 Å². The van der Waals surface area contributed by atoms with Crippen LogP contribution in [0.15, 0.2) is 36.5 Å². The van der Waals surface area contributed by atoms with Crippen LogP contribution >= 0.6 is 0 Å². The van der Waals surface area contributed by atoms with E-state index >= 15 is 0 Å². The van der Waals surface area contributed by atoms with Gasteiger partial charge in [0, 0.05) is 26.1 Å². The average molecular weight is 296 g/mol. The Kier molecular flexibility index (Phi) is 3.55. The molecule has 1 saturated heterocycles. The van der Waals surface area contributed by atoms with Crippen LogP contribution in [0.25, 0.3) is 0 Å². The van der Waals surface area contributed by atoms with Gasteiger partial charge in [0.15, 0.2) is 0 Å². The number of aryl methyl sites for hydroxylation is 1. The Balaban J connectivity index is 1.96. The molecule has 112 valence electrons. The van der Waals surface area contributed by atoms with Crippen LogP contribution in [0.2, 0.25) is 0 Å². The number of hydrogen-bond donors (Lipinski definition) is 1. The molecule has 0 aliphatic carbocycles. The van der Waals surface area contributed by atoms with Gasteiger partial charge in [0.1, 0.15) is 17.5 Å². The van der Waals surface area contributed by atoms with Gasteiger partial charge < -0.3 is 10.0 Å². The number of nitriles is 1. The van der Waals surface area contributed by atoms with Crippen molar-refractivity contribution < 1.29 is 9.90 Å². The van der Waals surface area contributed by atoms with Crippen molar-refractivity contribution in [1.82, 2.24) is 9.78 Å². The predicted octanol–water partition coefficient (Wildman–Crippen LogP) is 1.60. The van der Waals surface area contributed by atoms with Gasteiger partial charge in [-0.2, -0.15) is 10.4 Å². The van der Waals surface area contributed by atoms with Crippen LogP contribution in [0.5, 0.6) is 0 Å². The van der Waals surface area contributed by atoms with Crippen LogP contribution in [0.4, 0.5) is 5.82 Å². The summed E-state index contributed by atoms with van der Waals surface area (Å²) in [7, 11) is 1.77. The van der Waals surface area contributed by atoms with Crippen molar-refractivity contribution in [3.8, 4) is 6.07 Å². The standard InChI is InChI=1S/C16H16N4O2/c1-19-15(12(7-17)8-18-19)20-9-13(14(10-20)16(21)22)11-5-3-2-4-6-11/h2-6,8,13-14H,9-10H2,1H3,(H,21,22)/t13-,14+/m1/s1. The minimum absolute atomic E-state index is 0.0971. The van der Waals surface area contributed by atoms with E-state index in [2.05, 4.69) is 11.2 Å². The van der Waals surface area contributed by atoms with E-state index in [0.29, 0.717) is 24.5 Å². The fraction of sp³-hybridized carbons (Fsp3) is 0.312. The van der Waals surface area contributed by atoms with Crippen LogP contribution in [-0.2, 0) is 11.8 Å². The van der Waals surface area contributed by atoms with Gasteiger partial charge in [-0.25, -0.2) is 0 Å². The molecule has 2 atom stereocenters. The number of aromatic nitrogens is 2. The third-order valence-electron chi connectivity index (χ3n) is 4.19. The van der Waals surface area contributed by atoms with Crippen molar-refractivity contribution in [3.63, 3.8) is 0 Å². The number of carbonyl (C=O) groups is 1. The van der Waals surface area contributed by atoms with Gasteiger partial charge in [-0.1, -0.05) is 30.3 Å². The first-order chi connectivity index (χ1) is 10.6. The fourth-order valence-electron chi connectivity index (χ4n) is 3.15. The molecule has 2 aromatic rings. The fourth-order valence-corrected chi connectivity index (χ4v) is 3.15. The van der Waals surface area contributed by atoms with Gasteiger partial charge in [-0.3, -0.25) is 9.48 Å². The van der Waals surface area contributed by atoms with Crippen molar-refractivity contribution in [3.05, 3.63) is 47.7 Å². The lowest BCUT2D eigenvalue weighted by Crippen LogP contribution is -2.25. The highest BCUT2D eigenvalue weighted by atomic mass is 16.4. The first kappa shape index (κ1) is 14.1. The third kappa shape index (κ3) is 2.31. The lowest BCUT2D eigenvalue weighted by Gasteiger charge is -2.18. The molecule has 6 heteroatoms. The Hall–Kier alpha value is -2.81. The number of aliphatic carboxylic acids is 1. The van der Waals surface area contributed by atoms with E-state index in [1.165, 1.54) is 6.20 Å². The maximum absolute atomic E-state index is 11.6. The molecule has 1 aliphatic rings. The molecule has 0 spiro atoms. The molecule has 0 amide bonds. The topological polar surface area (TPSA) is 82.2 Å². The molecular weight excluding hydrogens is 280 g/mol. The molecule has 1 aromatic carbocycles. The molecule has 0 saturated carbocycles. The molecule has 6 nitrogen and oxygen atoms in total. The highest BCUT2D eigenvalue weighted by Gasteiger charge is 2.40. The second-order valence-corrected chi connectivity index (χ2v) is 5.48. The summed E-state index contributed by atoms with van der Waals surface area (Å²) < 4.78 is 1.63. The number of benzene rings is 1. The van der Waals surface area contributed by atoms with Crippen LogP contribution in [0.3, 0.4) is 0 Å². The van der Waals surface area contributed by atoms with Crippen molar-refractivity contribution >= 4 is 11.8 Å². The minimum Gasteiger partial charge on any atom is -0.481 e. The highest BCUT2D eigenvalue weighted by molar-refractivity contribution is 5.74. The van der Waals surface area contributed by atoms with E-state index in [-0.39, 0.29) is 5.92 Å². The lowest BCUT2D eigenvalue weighted by molar-refractivity contribution is -0.141. The summed E-state index contributed by atoms with van der Waals surface area (Å²) in [6.07, 6.45) is 1.51. The summed E-state index contributed by atoms with van der Waals surface area (Å²) in [6, 6.07) is 11.8. The number of rotatable bonds is 3. The second-order valence-electron chi connectivity index (χ2n) is 5.48. The summed E-state index contributed by atoms with van der Waals surface area (Å²) in [5.41, 5.74) is 1.48. The quantitative estimate of drug-likeness (QED) is 0.930. The Morgan fingerprint density at radius 1 is 1.36 bits per heavy atom. The molecule has 1 aromatic heterocycles. The maximum atomic E-state index is 11.6. The van der Waals surface area contributed by atoms with Gasteiger partial charge in [-0.15, -0.1) is 0 Å². The van der Waals surface area contributed by atoms with Crippen molar-refractivity contribution in [1.29, 1.82) is 5.26 Å². The van der Waals surface area contributed by atoms with Gasteiger partial charge in [0.05, 0.1) is 12.1 Å². The number of hydrogen-bond acceptors (Lipinski definition) is 4. The zero-order valence-corrected chi connectivity index (χ0v) is 12.2. The lowest BCUT2D eigenvalue weighted by atomic mass is 9.89. The zero-order valence-electron chi connectivity index (χ0n) is 12.2. The van der Waals surface area contributed by atoms with Crippen molar-refractivity contribution in [2.75, 3.05) is 18.0 Å². The molecule has 1 fully saturated rings. The SMILES string of the molecule is Cn1ncc(C#N)c1N1C[C@H](C(=O)O)[C@@H](c2ccccc2)C1. The van der Waals surface area contributed by atoms with E-state index in [0.717, 1.165) is 5.56 Å². The van der Waals surface area contributed by atoms with E-state index in [4.69, 9.17) is 0 Å². The number of carboxylic acid groups (broad SMARTS) is 1. The maximum Gasteiger partial charge on any atom is 0.308 e. The molecule has 0 radical (unpaired) electrons. The summed E-state index contributed by atoms with van der Waals surface area (Å²) in [5.74, 6) is -0.715. The molecule has 0 unspecified atom stereocenters. The smallest absolute Gasteiger partial charge is 0.308 e. The molecule has 22 heavy (non-hydrogen) atoms. The van der Waals surface area contributed by atoms with E-state index < -0.39 is 11.9 Å². The highest BCUT2D eigenvalue weighted by Crippen LogP contribution is 2.36. The number of nitrogens with zero attached hydrogens (tertiary/aromatic N) is 4. The Labute approximate surface area is 128 Å². The average Bonchev–Trinajstić information content (AvgIpc) is 3.11. The largest absolute Gasteiger partial charge is 0.481 e. The molecular formula is C16H16N4O2. The van der Waals surface area contributed by atoms with E-state index in [1.54, 1.807) is 11.7 Å². The number of carboxylic acids is 1. The molecule has 1 aliphatic heterocycles. The van der Waals surface area contributed by atoms with Crippen molar-refractivity contribution in [2.24, 2.45) is 13.0 Å². The van der Waals surface area contributed by atoms with Gasteiger partial charge >= 0.3 is 5.97 Å². The van der Waals surface area contributed by atoms with Crippen LogP contribution < -0.4 is 4.90 Å². The third-order valence-corrected chi connectivity index (χ3v) is 4.19. The normalized spacial score (nSPS) is 20.8. The second kappa shape index (κ2) is 5.53. The summed E-state index contributed by atoms with van der Waals surface area (Å²) in [5, 5.41) is 22.9. The molecule has 0 bridgehead atoms. The number of anilines is 1. The summed E-state index contributed by atoms with van der Waals surface area (Å²) in [6.45, 7) is 0.943. The monoisotopic (exact) mass is 296 g/mol. The molecule has 2 heterocycles. The first-order valence-electron chi connectivity index (χ1n) is 7.06. The first-order valence-corrected chi connectivity index (χ1v) is 7.06. The zero-order chi connectivity index (χ0) is 15.7. The molecule has 3 rings (SSSR count). The molecule has 1 N–H and O–H groups in total. The Morgan fingerprint density at radius 2 is 2.09 bits per heavy atom.